The Labute approximate surface area is 168 Å². The van der Waals surface area contributed by atoms with Crippen LogP contribution in [0.5, 0.6) is 5.75 Å². The van der Waals surface area contributed by atoms with Crippen molar-refractivity contribution < 1.29 is 9.53 Å². The van der Waals surface area contributed by atoms with Gasteiger partial charge in [-0.1, -0.05) is 19.1 Å². The summed E-state index contributed by atoms with van der Waals surface area (Å²) in [5.74, 6) is 1.50. The number of carbonyl (C=O) groups is 1. The zero-order valence-corrected chi connectivity index (χ0v) is 18.2. The Morgan fingerprint density at radius 2 is 1.96 bits per heavy atom. The van der Waals surface area contributed by atoms with Crippen molar-refractivity contribution >= 4 is 35.8 Å². The molecular weight excluding hydrogens is 431 g/mol. The lowest BCUT2D eigenvalue weighted by Crippen LogP contribution is -2.42. The van der Waals surface area contributed by atoms with E-state index in [1.807, 2.05) is 26.0 Å². The van der Waals surface area contributed by atoms with E-state index in [4.69, 9.17) is 4.74 Å². The first kappa shape index (κ1) is 23.5. The van der Waals surface area contributed by atoms with Gasteiger partial charge in [0.2, 0.25) is 5.91 Å². The molecule has 0 saturated heterocycles. The van der Waals surface area contributed by atoms with Gasteiger partial charge >= 0.3 is 0 Å². The zero-order chi connectivity index (χ0) is 17.9. The fourth-order valence-electron chi connectivity index (χ4n) is 1.96. The van der Waals surface area contributed by atoms with Crippen LogP contribution in [0.4, 0.5) is 0 Å². The maximum atomic E-state index is 11.7. The molecule has 0 aliphatic rings. The third-order valence-corrected chi connectivity index (χ3v) is 3.34. The van der Waals surface area contributed by atoms with Gasteiger partial charge in [0.1, 0.15) is 5.75 Å². The Morgan fingerprint density at radius 1 is 1.24 bits per heavy atom. The van der Waals surface area contributed by atoms with Crippen molar-refractivity contribution in [3.63, 3.8) is 0 Å². The Balaban J connectivity index is 0.00000576. The first-order valence-corrected chi connectivity index (χ1v) is 8.42. The third kappa shape index (κ3) is 8.94. The molecule has 1 rings (SSSR count). The highest BCUT2D eigenvalue weighted by Gasteiger charge is 2.07. The number of hydrogen-bond donors (Lipinski definition) is 2. The molecule has 0 heterocycles. The minimum absolute atomic E-state index is 0. The van der Waals surface area contributed by atoms with Gasteiger partial charge in [-0.05, 0) is 31.9 Å². The lowest BCUT2D eigenvalue weighted by atomic mass is 10.1. The van der Waals surface area contributed by atoms with Crippen LogP contribution in [-0.2, 0) is 11.3 Å². The molecule has 1 aromatic carbocycles. The minimum Gasteiger partial charge on any atom is -0.493 e. The highest BCUT2D eigenvalue weighted by Crippen LogP contribution is 2.21. The molecule has 25 heavy (non-hydrogen) atoms. The van der Waals surface area contributed by atoms with E-state index in [-0.39, 0.29) is 36.4 Å². The molecule has 0 unspecified atom stereocenters. The molecule has 0 bridgehead atoms. The van der Waals surface area contributed by atoms with E-state index >= 15 is 0 Å². The number of hydrogen-bond acceptors (Lipinski definition) is 3. The van der Waals surface area contributed by atoms with Crippen LogP contribution in [0.25, 0.3) is 0 Å². The van der Waals surface area contributed by atoms with Crippen molar-refractivity contribution in [1.82, 2.24) is 15.5 Å². The second-order valence-corrected chi connectivity index (χ2v) is 5.80. The van der Waals surface area contributed by atoms with Crippen LogP contribution >= 0.6 is 24.0 Å². The molecule has 0 saturated carbocycles. The van der Waals surface area contributed by atoms with Crippen LogP contribution in [0.15, 0.2) is 23.2 Å². The first-order valence-electron chi connectivity index (χ1n) is 8.42. The second-order valence-electron chi connectivity index (χ2n) is 5.80. The van der Waals surface area contributed by atoms with Crippen LogP contribution in [0.3, 0.4) is 0 Å². The summed E-state index contributed by atoms with van der Waals surface area (Å²) in [4.78, 5) is 17.8. The van der Waals surface area contributed by atoms with Crippen molar-refractivity contribution in [1.29, 1.82) is 0 Å². The van der Waals surface area contributed by atoms with Crippen LogP contribution in [0, 0.1) is 6.92 Å². The van der Waals surface area contributed by atoms with E-state index in [0.29, 0.717) is 19.1 Å². The average Bonchev–Trinajstić information content (AvgIpc) is 2.56. The van der Waals surface area contributed by atoms with E-state index in [0.717, 1.165) is 29.8 Å². The lowest BCUT2D eigenvalue weighted by Gasteiger charge is -2.15. The van der Waals surface area contributed by atoms with E-state index in [9.17, 15) is 4.79 Å². The SMILES string of the molecule is CCCOc1cc(C)ccc1CN=C(NCC)NCC(=O)N(C)C.I. The van der Waals surface area contributed by atoms with Gasteiger partial charge in [0.15, 0.2) is 5.96 Å². The number of carbonyl (C=O) groups excluding carboxylic acids is 1. The molecule has 1 aromatic rings. The van der Waals surface area contributed by atoms with E-state index in [2.05, 4.69) is 28.6 Å². The Morgan fingerprint density at radius 3 is 2.56 bits per heavy atom. The number of rotatable bonds is 8. The van der Waals surface area contributed by atoms with E-state index in [1.165, 1.54) is 0 Å². The van der Waals surface area contributed by atoms with Crippen molar-refractivity contribution in [2.75, 3.05) is 33.8 Å². The fraction of sp³-hybridized carbons (Fsp3) is 0.556. The molecule has 0 atom stereocenters. The van der Waals surface area contributed by atoms with Gasteiger partial charge in [0.05, 0.1) is 19.7 Å². The molecule has 0 spiro atoms. The van der Waals surface area contributed by atoms with E-state index in [1.54, 1.807) is 19.0 Å². The largest absolute Gasteiger partial charge is 0.493 e. The van der Waals surface area contributed by atoms with Crippen molar-refractivity contribution in [3.8, 4) is 5.75 Å². The summed E-state index contributed by atoms with van der Waals surface area (Å²) in [5.41, 5.74) is 2.20. The minimum atomic E-state index is 0. The fourth-order valence-corrected chi connectivity index (χ4v) is 1.96. The first-order chi connectivity index (χ1) is 11.5. The van der Waals surface area contributed by atoms with Crippen LogP contribution < -0.4 is 15.4 Å². The van der Waals surface area contributed by atoms with Crippen molar-refractivity contribution in [2.45, 2.75) is 33.7 Å². The van der Waals surface area contributed by atoms with Gasteiger partial charge in [-0.15, -0.1) is 24.0 Å². The van der Waals surface area contributed by atoms with Gasteiger partial charge < -0.3 is 20.3 Å². The summed E-state index contributed by atoms with van der Waals surface area (Å²) in [5, 5.41) is 6.20. The molecule has 0 aliphatic heterocycles. The molecule has 6 nitrogen and oxygen atoms in total. The van der Waals surface area contributed by atoms with Crippen LogP contribution in [-0.4, -0.2) is 50.6 Å². The molecule has 0 radical (unpaired) electrons. The molecule has 142 valence electrons. The summed E-state index contributed by atoms with van der Waals surface area (Å²) in [6, 6.07) is 6.13. The normalized spacial score (nSPS) is 10.7. The number of nitrogens with one attached hydrogen (secondary N) is 2. The summed E-state index contributed by atoms with van der Waals surface area (Å²) < 4.78 is 5.82. The second kappa shape index (κ2) is 12.8. The highest BCUT2D eigenvalue weighted by molar-refractivity contribution is 14.0. The van der Waals surface area contributed by atoms with Gasteiger partial charge in [-0.25, -0.2) is 4.99 Å². The van der Waals surface area contributed by atoms with Gasteiger partial charge in [-0.2, -0.15) is 0 Å². The molecule has 0 fully saturated rings. The summed E-state index contributed by atoms with van der Waals surface area (Å²) in [6.07, 6.45) is 0.966. The number of amides is 1. The molecular formula is C18H31IN4O2. The van der Waals surface area contributed by atoms with Gasteiger partial charge in [0.25, 0.3) is 0 Å². The number of aliphatic imine (C=N–C) groups is 1. The quantitative estimate of drug-likeness (QED) is 0.354. The Bertz CT molecular complexity index is 562. The predicted molar refractivity (Wildman–Crippen MR) is 114 cm³/mol. The van der Waals surface area contributed by atoms with Crippen molar-refractivity contribution in [3.05, 3.63) is 29.3 Å². The third-order valence-electron chi connectivity index (χ3n) is 3.34. The summed E-state index contributed by atoms with van der Waals surface area (Å²) in [7, 11) is 3.47. The summed E-state index contributed by atoms with van der Waals surface area (Å²) >= 11 is 0. The standard InChI is InChI=1S/C18H30N4O2.HI/c1-6-10-24-16-11-14(3)8-9-15(16)12-20-18(19-7-2)21-13-17(23)22(4)5;/h8-9,11H,6-7,10,12-13H2,1-5H3,(H2,19,20,21);1H. The predicted octanol–water partition coefficient (Wildman–Crippen LogP) is 2.55. The van der Waals surface area contributed by atoms with Gasteiger partial charge in [0, 0.05) is 26.2 Å². The topological polar surface area (TPSA) is 66.0 Å². The van der Waals surface area contributed by atoms with Crippen LogP contribution in [0.2, 0.25) is 0 Å². The Hall–Kier alpha value is -1.51. The monoisotopic (exact) mass is 462 g/mol. The number of aryl methyl sites for hydroxylation is 1. The molecule has 0 aromatic heterocycles. The Kier molecular flexibility index (Phi) is 12.0. The lowest BCUT2D eigenvalue weighted by molar-refractivity contribution is -0.127. The number of nitrogens with zero attached hydrogens (tertiary/aromatic N) is 2. The molecule has 1 amide bonds. The number of ether oxygens (including phenoxy) is 1. The number of benzene rings is 1. The molecule has 0 aliphatic carbocycles. The molecule has 2 N–H and O–H groups in total. The van der Waals surface area contributed by atoms with Gasteiger partial charge in [-0.3, -0.25) is 4.79 Å². The molecule has 7 heteroatoms. The number of halogens is 1. The highest BCUT2D eigenvalue weighted by atomic mass is 127. The average molecular weight is 462 g/mol. The van der Waals surface area contributed by atoms with Crippen molar-refractivity contribution in [2.24, 2.45) is 4.99 Å². The maximum absolute atomic E-state index is 11.7. The smallest absolute Gasteiger partial charge is 0.241 e. The number of guanidine groups is 1. The zero-order valence-electron chi connectivity index (χ0n) is 15.9. The maximum Gasteiger partial charge on any atom is 0.241 e. The summed E-state index contributed by atoms with van der Waals surface area (Å²) in [6.45, 7) is 8.25. The number of likely N-dealkylation sites (N-methyl/N-ethyl adjacent to an activating group) is 1. The van der Waals surface area contributed by atoms with Crippen LogP contribution in [0.1, 0.15) is 31.4 Å². The van der Waals surface area contributed by atoms with E-state index < -0.39 is 0 Å².